The van der Waals surface area contributed by atoms with Crippen molar-refractivity contribution in [1.29, 1.82) is 0 Å². The van der Waals surface area contributed by atoms with Crippen LogP contribution in [0.5, 0.6) is 11.5 Å². The summed E-state index contributed by atoms with van der Waals surface area (Å²) in [6, 6.07) is 3.35. The second kappa shape index (κ2) is 5.54. The van der Waals surface area contributed by atoms with Crippen LogP contribution in [0.2, 0.25) is 0 Å². The van der Waals surface area contributed by atoms with Gasteiger partial charge in [-0.15, -0.1) is 0 Å². The van der Waals surface area contributed by atoms with Crippen LogP contribution in [0.4, 0.5) is 0 Å². The van der Waals surface area contributed by atoms with Crippen LogP contribution < -0.4 is 15.8 Å². The molecule has 0 radical (unpaired) electrons. The van der Waals surface area contributed by atoms with Crippen molar-refractivity contribution >= 4 is 33.9 Å². The Morgan fingerprint density at radius 1 is 1.55 bits per heavy atom. The maximum absolute atomic E-state index is 11.7. The van der Waals surface area contributed by atoms with Gasteiger partial charge < -0.3 is 9.84 Å². The molecule has 2 rings (SSSR count). The van der Waals surface area contributed by atoms with Crippen molar-refractivity contribution in [1.82, 2.24) is 5.32 Å². The lowest BCUT2D eigenvalue weighted by molar-refractivity contribution is -0.432. The minimum atomic E-state index is -0.271. The third-order valence-corrected chi connectivity index (χ3v) is 3.46. The fraction of sp³-hybridized carbons (Fsp3) is 0.231. The predicted octanol–water partition coefficient (Wildman–Crippen LogP) is 0.981. The van der Waals surface area contributed by atoms with E-state index >= 15 is 0 Å². The lowest BCUT2D eigenvalue weighted by atomic mass is 10.1. The summed E-state index contributed by atoms with van der Waals surface area (Å²) in [7, 11) is 1.69. The van der Waals surface area contributed by atoms with E-state index in [1.807, 2.05) is 6.92 Å². The van der Waals surface area contributed by atoms with E-state index in [9.17, 15) is 9.90 Å². The molecule has 1 aliphatic rings. The van der Waals surface area contributed by atoms with Crippen molar-refractivity contribution in [3.8, 4) is 11.5 Å². The van der Waals surface area contributed by atoms with Gasteiger partial charge in [-0.05, 0) is 46.6 Å². The molecule has 6 nitrogen and oxygen atoms in total. The number of amides is 1. The van der Waals surface area contributed by atoms with Crippen LogP contribution in [0, 0.1) is 0 Å². The molecule has 1 aliphatic heterocycles. The smallest absolute Gasteiger partial charge is 0.356 e. The number of guanidine groups is 1. The van der Waals surface area contributed by atoms with E-state index in [4.69, 9.17) is 10.5 Å². The number of halogens is 1. The molecule has 0 unspecified atom stereocenters. The van der Waals surface area contributed by atoms with Gasteiger partial charge in [0.25, 0.3) is 0 Å². The quantitative estimate of drug-likeness (QED) is 0.565. The van der Waals surface area contributed by atoms with E-state index in [0.29, 0.717) is 28.1 Å². The van der Waals surface area contributed by atoms with Gasteiger partial charge in [0.1, 0.15) is 0 Å². The van der Waals surface area contributed by atoms with Crippen molar-refractivity contribution in [2.24, 2.45) is 5.73 Å². The van der Waals surface area contributed by atoms with Gasteiger partial charge in [0.15, 0.2) is 17.2 Å². The molecule has 20 heavy (non-hydrogen) atoms. The number of ether oxygens (including phenoxy) is 1. The Hall–Kier alpha value is -2.02. The fourth-order valence-corrected chi connectivity index (χ4v) is 2.27. The number of benzene rings is 1. The average Bonchev–Trinajstić information content (AvgIpc) is 2.62. The first-order chi connectivity index (χ1) is 9.43. The average molecular weight is 341 g/mol. The van der Waals surface area contributed by atoms with Crippen molar-refractivity contribution in [2.45, 2.75) is 6.92 Å². The second-order valence-electron chi connectivity index (χ2n) is 4.21. The highest BCUT2D eigenvalue weighted by molar-refractivity contribution is 9.10. The minimum absolute atomic E-state index is 0.0318. The SMILES string of the molecule is CCOc1cc(/C=C2/C(=O)NC(N)=[N+]2C)cc(Br)c1O. The van der Waals surface area contributed by atoms with Gasteiger partial charge in [-0.3, -0.25) is 5.73 Å². The molecule has 0 fully saturated rings. The molecule has 1 heterocycles. The first-order valence-corrected chi connectivity index (χ1v) is 6.77. The van der Waals surface area contributed by atoms with Crippen LogP contribution in [-0.2, 0) is 4.79 Å². The van der Waals surface area contributed by atoms with Crippen LogP contribution in [-0.4, -0.2) is 35.2 Å². The summed E-state index contributed by atoms with van der Waals surface area (Å²) in [6.07, 6.45) is 1.67. The molecule has 0 saturated carbocycles. The van der Waals surface area contributed by atoms with Gasteiger partial charge in [0.2, 0.25) is 0 Å². The molecule has 0 spiro atoms. The Morgan fingerprint density at radius 3 is 2.80 bits per heavy atom. The number of hydrogen-bond acceptors (Lipinski definition) is 4. The normalized spacial score (nSPS) is 16.8. The van der Waals surface area contributed by atoms with E-state index in [1.54, 1.807) is 29.8 Å². The van der Waals surface area contributed by atoms with Crippen molar-refractivity contribution in [2.75, 3.05) is 13.7 Å². The summed E-state index contributed by atoms with van der Waals surface area (Å²) < 4.78 is 7.40. The number of nitrogens with one attached hydrogen (secondary N) is 1. The maximum atomic E-state index is 11.7. The monoisotopic (exact) mass is 340 g/mol. The van der Waals surface area contributed by atoms with Crippen LogP contribution in [0.15, 0.2) is 22.3 Å². The van der Waals surface area contributed by atoms with Gasteiger partial charge >= 0.3 is 11.9 Å². The van der Waals surface area contributed by atoms with Gasteiger partial charge in [0, 0.05) is 0 Å². The predicted molar refractivity (Wildman–Crippen MR) is 78.5 cm³/mol. The topological polar surface area (TPSA) is 87.6 Å². The molecule has 0 atom stereocenters. The lowest BCUT2D eigenvalue weighted by Crippen LogP contribution is -2.32. The number of likely N-dealkylation sites (N-methyl/N-ethyl adjacent to an activating group) is 1. The first kappa shape index (κ1) is 14.4. The fourth-order valence-electron chi connectivity index (χ4n) is 1.81. The Labute approximate surface area is 124 Å². The first-order valence-electron chi connectivity index (χ1n) is 5.98. The van der Waals surface area contributed by atoms with Gasteiger partial charge in [-0.1, -0.05) is 0 Å². The summed E-state index contributed by atoms with van der Waals surface area (Å²) in [5.41, 5.74) is 6.77. The Balaban J connectivity index is 2.47. The molecule has 0 bridgehead atoms. The summed E-state index contributed by atoms with van der Waals surface area (Å²) in [5, 5.41) is 12.4. The summed E-state index contributed by atoms with van der Waals surface area (Å²) in [5.74, 6) is 0.396. The number of nitrogens with two attached hydrogens (primary N) is 1. The van der Waals surface area contributed by atoms with Crippen molar-refractivity contribution in [3.05, 3.63) is 27.9 Å². The van der Waals surface area contributed by atoms with Crippen LogP contribution >= 0.6 is 15.9 Å². The number of nitrogens with zero attached hydrogens (tertiary/aromatic N) is 1. The van der Waals surface area contributed by atoms with E-state index in [-0.39, 0.29) is 17.6 Å². The number of carbonyl (C=O) groups is 1. The molecule has 7 heteroatoms. The number of rotatable bonds is 3. The minimum Gasteiger partial charge on any atom is -0.503 e. The number of hydrogen-bond donors (Lipinski definition) is 3. The Kier molecular flexibility index (Phi) is 3.99. The number of aromatic hydroxyl groups is 1. The zero-order valence-electron chi connectivity index (χ0n) is 11.1. The highest BCUT2D eigenvalue weighted by atomic mass is 79.9. The van der Waals surface area contributed by atoms with E-state index in [2.05, 4.69) is 21.2 Å². The van der Waals surface area contributed by atoms with Crippen molar-refractivity contribution in [3.63, 3.8) is 0 Å². The number of carbonyl (C=O) groups excluding carboxylic acids is 1. The van der Waals surface area contributed by atoms with Gasteiger partial charge in [0.05, 0.1) is 18.1 Å². The van der Waals surface area contributed by atoms with Crippen LogP contribution in [0.25, 0.3) is 6.08 Å². The number of phenols is 1. The van der Waals surface area contributed by atoms with Gasteiger partial charge in [-0.2, -0.15) is 0 Å². The summed E-state index contributed by atoms with van der Waals surface area (Å²) >= 11 is 3.26. The highest BCUT2D eigenvalue weighted by Crippen LogP contribution is 2.36. The van der Waals surface area contributed by atoms with Crippen molar-refractivity contribution < 1.29 is 19.2 Å². The molecule has 0 aliphatic carbocycles. The lowest BCUT2D eigenvalue weighted by Gasteiger charge is -2.08. The Morgan fingerprint density at radius 2 is 2.25 bits per heavy atom. The molecule has 1 amide bonds. The highest BCUT2D eigenvalue weighted by Gasteiger charge is 2.29. The zero-order valence-corrected chi connectivity index (χ0v) is 12.7. The van der Waals surface area contributed by atoms with Gasteiger partial charge in [-0.25, -0.2) is 14.7 Å². The molecule has 106 valence electrons. The Bertz CT molecular complexity index is 638. The molecule has 1 aromatic rings. The third-order valence-electron chi connectivity index (χ3n) is 2.85. The molecule has 4 N–H and O–H groups in total. The molecule has 0 aromatic heterocycles. The summed E-state index contributed by atoms with van der Waals surface area (Å²) in [6.45, 7) is 2.26. The largest absolute Gasteiger partial charge is 0.503 e. The standard InChI is InChI=1S/C13H14BrN3O3/c1-3-20-10-6-7(4-8(14)11(10)18)5-9-12(19)16-13(15)17(9)2/h4-6H,3H2,1-2H3,(H3,15,16,18,19)/p+1. The molecule has 1 aromatic carbocycles. The second-order valence-corrected chi connectivity index (χ2v) is 5.06. The third kappa shape index (κ3) is 2.62. The molecule has 0 saturated heterocycles. The van der Waals surface area contributed by atoms with E-state index < -0.39 is 0 Å². The van der Waals surface area contributed by atoms with E-state index in [0.717, 1.165) is 0 Å². The molecular weight excluding hydrogens is 326 g/mol. The zero-order chi connectivity index (χ0) is 14.9. The van der Waals surface area contributed by atoms with Crippen LogP contribution in [0.1, 0.15) is 12.5 Å². The number of phenolic OH excluding ortho intramolecular Hbond substituents is 1. The van der Waals surface area contributed by atoms with E-state index in [1.165, 1.54) is 0 Å². The molecular formula is C13H15BrN3O3+. The summed E-state index contributed by atoms with van der Waals surface area (Å²) in [4.78, 5) is 11.7. The maximum Gasteiger partial charge on any atom is 0.356 e. The van der Waals surface area contributed by atoms with Crippen LogP contribution in [0.3, 0.4) is 0 Å².